The highest BCUT2D eigenvalue weighted by Crippen LogP contribution is 2.26. The number of nitrogens with one attached hydrogen (secondary N) is 1. The number of likely N-dealkylation sites (tertiary alicyclic amines) is 1. The van der Waals surface area contributed by atoms with E-state index in [-0.39, 0.29) is 17.6 Å². The molecule has 0 radical (unpaired) electrons. The van der Waals surface area contributed by atoms with E-state index in [0.717, 1.165) is 37.0 Å². The van der Waals surface area contributed by atoms with Crippen LogP contribution in [0.15, 0.2) is 24.4 Å². The van der Waals surface area contributed by atoms with Crippen molar-refractivity contribution in [1.29, 1.82) is 0 Å². The predicted molar refractivity (Wildman–Crippen MR) is 106 cm³/mol. The summed E-state index contributed by atoms with van der Waals surface area (Å²) in [4.78, 5) is 5.73. The smallest absolute Gasteiger partial charge is 0.150 e. The number of benzene rings is 1. The Morgan fingerprint density at radius 3 is 2.92 bits per heavy atom. The second kappa shape index (κ2) is 8.11. The van der Waals surface area contributed by atoms with Gasteiger partial charge in [-0.1, -0.05) is 13.0 Å². The minimum Gasteiger partial charge on any atom is -0.392 e. The number of hydrogen-bond donors (Lipinski definition) is 2. The first kappa shape index (κ1) is 19.4. The molecule has 0 saturated carbocycles. The van der Waals surface area contributed by atoms with Crippen LogP contribution in [0.2, 0.25) is 0 Å². The van der Waals surface area contributed by atoms with Gasteiger partial charge in [0.05, 0.1) is 11.9 Å². The fraction of sp³-hybridized carbons (Fsp3) is 0.600. The highest BCUT2D eigenvalue weighted by atomic mass is 32.2. The van der Waals surface area contributed by atoms with Gasteiger partial charge in [0, 0.05) is 35.4 Å². The van der Waals surface area contributed by atoms with Gasteiger partial charge < -0.3 is 10.1 Å². The Morgan fingerprint density at radius 2 is 2.19 bits per heavy atom. The van der Waals surface area contributed by atoms with Gasteiger partial charge in [0.25, 0.3) is 0 Å². The number of aromatic amines is 1. The van der Waals surface area contributed by atoms with E-state index < -0.39 is 9.84 Å². The standard InChI is InChI=1S/C20H30N2O3S/c1-3-26(24,25)10-8-16-6-7-20-19(11-16)17(13-21-20)12-18-5-4-9-22(18)14-15(2)23/h6-7,11,13,15,18,21,23H,3-5,8-10,12,14H2,1-2H3/t15?,18-/m1/s1. The van der Waals surface area contributed by atoms with Crippen molar-refractivity contribution in [2.45, 2.75) is 51.7 Å². The SMILES string of the molecule is CCS(=O)(=O)CCc1ccc2[nH]cc(C[C@H]3CCCN3CC(C)O)c2c1. The van der Waals surface area contributed by atoms with Crippen LogP contribution in [0.4, 0.5) is 0 Å². The zero-order valence-electron chi connectivity index (χ0n) is 15.7. The summed E-state index contributed by atoms with van der Waals surface area (Å²) in [6.07, 6.45) is 5.65. The molecule has 0 aliphatic carbocycles. The van der Waals surface area contributed by atoms with E-state index in [4.69, 9.17) is 0 Å². The van der Waals surface area contributed by atoms with Gasteiger partial charge in [-0.25, -0.2) is 8.42 Å². The number of aromatic nitrogens is 1. The number of hydrogen-bond acceptors (Lipinski definition) is 4. The zero-order valence-corrected chi connectivity index (χ0v) is 16.6. The van der Waals surface area contributed by atoms with Crippen molar-refractivity contribution >= 4 is 20.7 Å². The number of β-amino-alcohol motifs (C(OH)–C–C–N with tert-alkyl or cyclic N) is 1. The number of H-pyrrole nitrogens is 1. The largest absolute Gasteiger partial charge is 0.392 e. The lowest BCUT2D eigenvalue weighted by atomic mass is 10.0. The number of sulfone groups is 1. The molecule has 0 bridgehead atoms. The number of nitrogens with zero attached hydrogens (tertiary/aromatic N) is 1. The van der Waals surface area contributed by atoms with Gasteiger partial charge in [0.2, 0.25) is 0 Å². The Morgan fingerprint density at radius 1 is 1.38 bits per heavy atom. The van der Waals surface area contributed by atoms with Gasteiger partial charge in [0.15, 0.2) is 0 Å². The maximum absolute atomic E-state index is 11.8. The number of fused-ring (bicyclic) bond motifs is 1. The Labute approximate surface area is 156 Å². The van der Waals surface area contributed by atoms with Crippen molar-refractivity contribution in [2.24, 2.45) is 0 Å². The average molecular weight is 379 g/mol. The van der Waals surface area contributed by atoms with Crippen LogP contribution < -0.4 is 0 Å². The first-order valence-corrected chi connectivity index (χ1v) is 11.4. The molecule has 26 heavy (non-hydrogen) atoms. The van der Waals surface area contributed by atoms with Crippen LogP contribution in [-0.2, 0) is 22.7 Å². The molecule has 0 amide bonds. The molecule has 3 rings (SSSR count). The monoisotopic (exact) mass is 378 g/mol. The van der Waals surface area contributed by atoms with Crippen LogP contribution in [0.1, 0.15) is 37.8 Å². The third-order valence-corrected chi connectivity index (χ3v) is 7.13. The van der Waals surface area contributed by atoms with E-state index in [2.05, 4.69) is 28.2 Å². The van der Waals surface area contributed by atoms with Crippen LogP contribution in [-0.4, -0.2) is 60.1 Å². The quantitative estimate of drug-likeness (QED) is 0.740. The highest BCUT2D eigenvalue weighted by Gasteiger charge is 2.26. The van der Waals surface area contributed by atoms with E-state index in [0.29, 0.717) is 12.5 Å². The van der Waals surface area contributed by atoms with E-state index in [9.17, 15) is 13.5 Å². The molecule has 1 aromatic heterocycles. The predicted octanol–water partition coefficient (Wildman–Crippen LogP) is 2.53. The summed E-state index contributed by atoms with van der Waals surface area (Å²) >= 11 is 0. The normalized spacial score (nSPS) is 20.0. The molecule has 1 unspecified atom stereocenters. The maximum atomic E-state index is 11.8. The van der Waals surface area contributed by atoms with Crippen molar-refractivity contribution in [3.8, 4) is 0 Å². The summed E-state index contributed by atoms with van der Waals surface area (Å²) in [6.45, 7) is 5.33. The summed E-state index contributed by atoms with van der Waals surface area (Å²) < 4.78 is 23.6. The molecule has 1 aromatic carbocycles. The Bertz CT molecular complexity index is 842. The molecule has 1 fully saturated rings. The van der Waals surface area contributed by atoms with Crippen LogP contribution in [0.5, 0.6) is 0 Å². The molecule has 1 saturated heterocycles. The first-order valence-electron chi connectivity index (χ1n) is 9.59. The number of aryl methyl sites for hydroxylation is 1. The van der Waals surface area contributed by atoms with Gasteiger partial charge in [-0.15, -0.1) is 0 Å². The fourth-order valence-corrected chi connectivity index (χ4v) is 4.76. The van der Waals surface area contributed by atoms with Crippen molar-refractivity contribution in [2.75, 3.05) is 24.6 Å². The zero-order chi connectivity index (χ0) is 18.7. The molecule has 2 atom stereocenters. The number of aliphatic hydroxyl groups excluding tert-OH is 1. The minimum atomic E-state index is -2.94. The Hall–Kier alpha value is -1.37. The lowest BCUT2D eigenvalue weighted by molar-refractivity contribution is 0.119. The van der Waals surface area contributed by atoms with Gasteiger partial charge in [0.1, 0.15) is 9.84 Å². The molecule has 1 aliphatic rings. The van der Waals surface area contributed by atoms with Crippen LogP contribution in [0, 0.1) is 0 Å². The summed E-state index contributed by atoms with van der Waals surface area (Å²) in [5.41, 5.74) is 3.45. The summed E-state index contributed by atoms with van der Waals surface area (Å²) in [5.74, 6) is 0.408. The van der Waals surface area contributed by atoms with Crippen LogP contribution >= 0.6 is 0 Å². The summed E-state index contributed by atoms with van der Waals surface area (Å²) in [7, 11) is -2.94. The van der Waals surface area contributed by atoms with Gasteiger partial charge >= 0.3 is 0 Å². The lowest BCUT2D eigenvalue weighted by Crippen LogP contribution is -2.36. The molecule has 2 heterocycles. The minimum absolute atomic E-state index is 0.200. The van der Waals surface area contributed by atoms with Crippen molar-refractivity contribution in [1.82, 2.24) is 9.88 Å². The molecule has 2 N–H and O–H groups in total. The summed E-state index contributed by atoms with van der Waals surface area (Å²) in [6, 6.07) is 6.67. The van der Waals surface area contributed by atoms with Gasteiger partial charge in [-0.2, -0.15) is 0 Å². The molecule has 0 spiro atoms. The molecule has 6 heteroatoms. The lowest BCUT2D eigenvalue weighted by Gasteiger charge is -2.25. The maximum Gasteiger partial charge on any atom is 0.150 e. The number of aliphatic hydroxyl groups is 1. The van der Waals surface area contributed by atoms with Crippen molar-refractivity contribution < 1.29 is 13.5 Å². The third kappa shape index (κ3) is 4.67. The van der Waals surface area contributed by atoms with E-state index >= 15 is 0 Å². The first-order chi connectivity index (χ1) is 12.4. The Kier molecular flexibility index (Phi) is 6.05. The molecular weight excluding hydrogens is 348 g/mol. The van der Waals surface area contributed by atoms with Gasteiger partial charge in [-0.3, -0.25) is 4.90 Å². The van der Waals surface area contributed by atoms with Gasteiger partial charge in [-0.05, 0) is 62.4 Å². The molecule has 5 nitrogen and oxygen atoms in total. The second-order valence-corrected chi connectivity index (χ2v) is 10.00. The van der Waals surface area contributed by atoms with Crippen LogP contribution in [0.3, 0.4) is 0 Å². The van der Waals surface area contributed by atoms with E-state index in [1.165, 1.54) is 17.4 Å². The van der Waals surface area contributed by atoms with Crippen molar-refractivity contribution in [3.05, 3.63) is 35.5 Å². The molecule has 144 valence electrons. The second-order valence-electron chi connectivity index (χ2n) is 7.52. The average Bonchev–Trinajstić information content (AvgIpc) is 3.20. The van der Waals surface area contributed by atoms with Crippen molar-refractivity contribution in [3.63, 3.8) is 0 Å². The topological polar surface area (TPSA) is 73.4 Å². The van der Waals surface area contributed by atoms with E-state index in [1.54, 1.807) is 6.92 Å². The fourth-order valence-electron chi connectivity index (χ4n) is 3.93. The summed E-state index contributed by atoms with van der Waals surface area (Å²) in [5, 5.41) is 10.9. The Balaban J connectivity index is 1.75. The number of rotatable bonds is 8. The highest BCUT2D eigenvalue weighted by molar-refractivity contribution is 7.91. The third-order valence-electron chi connectivity index (χ3n) is 5.43. The molecule has 2 aromatic rings. The molecular formula is C20H30N2O3S. The molecule has 1 aliphatic heterocycles. The van der Waals surface area contributed by atoms with E-state index in [1.807, 2.05) is 13.0 Å². The van der Waals surface area contributed by atoms with Crippen LogP contribution in [0.25, 0.3) is 10.9 Å².